The molecule has 0 unspecified atom stereocenters. The Balaban J connectivity index is 0.00000162. The van der Waals surface area contributed by atoms with Gasteiger partial charge in [0, 0.05) is 25.0 Å². The largest absolute Gasteiger partial charge is 0.352 e. The van der Waals surface area contributed by atoms with Crippen LogP contribution in [-0.4, -0.2) is 27.9 Å². The van der Waals surface area contributed by atoms with Gasteiger partial charge in [-0.1, -0.05) is 6.07 Å². The van der Waals surface area contributed by atoms with E-state index >= 15 is 0 Å². The van der Waals surface area contributed by atoms with Gasteiger partial charge in [-0.25, -0.2) is 4.98 Å². The van der Waals surface area contributed by atoms with Crippen LogP contribution in [0.3, 0.4) is 0 Å². The normalized spacial score (nSPS) is 11.3. The minimum absolute atomic E-state index is 0. The number of amides is 1. The van der Waals surface area contributed by atoms with Crippen molar-refractivity contribution in [3.8, 4) is 0 Å². The summed E-state index contributed by atoms with van der Waals surface area (Å²) in [6, 6.07) is 5.75. The summed E-state index contributed by atoms with van der Waals surface area (Å²) in [6.07, 6.45) is 4.06. The maximum Gasteiger partial charge on any atom is 0.226 e. The number of halogens is 2. The summed E-state index contributed by atoms with van der Waals surface area (Å²) >= 11 is 0. The van der Waals surface area contributed by atoms with E-state index in [1.807, 2.05) is 41.9 Å². The van der Waals surface area contributed by atoms with Gasteiger partial charge in [0.1, 0.15) is 5.65 Å². The van der Waals surface area contributed by atoms with Crippen molar-refractivity contribution in [2.24, 2.45) is 5.73 Å². The quantitative estimate of drug-likeness (QED) is 0.891. The first-order chi connectivity index (χ1) is 8.19. The molecule has 7 heteroatoms. The second-order valence-corrected chi connectivity index (χ2v) is 4.08. The van der Waals surface area contributed by atoms with Gasteiger partial charge in [-0.3, -0.25) is 4.79 Å². The van der Waals surface area contributed by atoms with Gasteiger partial charge in [0.2, 0.25) is 5.91 Å². The first-order valence-electron chi connectivity index (χ1n) is 5.61. The van der Waals surface area contributed by atoms with E-state index in [1.165, 1.54) is 0 Å². The van der Waals surface area contributed by atoms with Gasteiger partial charge in [-0.15, -0.1) is 24.8 Å². The van der Waals surface area contributed by atoms with Crippen molar-refractivity contribution < 1.29 is 4.79 Å². The standard InChI is InChI=1S/C12H16N4O.2ClH/c1-9(7-13)14-12(17)6-10-8-16-5-3-2-4-11(16)15-10;;/h2-5,8-9H,6-7,13H2,1H3,(H,14,17);2*1H/t9-;;/m0../s1. The van der Waals surface area contributed by atoms with Crippen LogP contribution in [-0.2, 0) is 11.2 Å². The first-order valence-corrected chi connectivity index (χ1v) is 5.61. The van der Waals surface area contributed by atoms with Gasteiger partial charge in [0.15, 0.2) is 0 Å². The molecule has 0 fully saturated rings. The predicted octanol–water partition coefficient (Wildman–Crippen LogP) is 1.18. The van der Waals surface area contributed by atoms with Gasteiger partial charge in [0.25, 0.3) is 0 Å². The molecule has 0 bridgehead atoms. The summed E-state index contributed by atoms with van der Waals surface area (Å²) in [5.74, 6) is -0.0497. The highest BCUT2D eigenvalue weighted by molar-refractivity contribution is 5.85. The van der Waals surface area contributed by atoms with E-state index in [2.05, 4.69) is 10.3 Å². The fraction of sp³-hybridized carbons (Fsp3) is 0.333. The fourth-order valence-corrected chi connectivity index (χ4v) is 1.62. The third-order valence-electron chi connectivity index (χ3n) is 2.52. The van der Waals surface area contributed by atoms with Crippen LogP contribution < -0.4 is 11.1 Å². The van der Waals surface area contributed by atoms with E-state index < -0.39 is 0 Å². The molecular weight excluding hydrogens is 287 g/mol. The van der Waals surface area contributed by atoms with E-state index in [4.69, 9.17) is 5.73 Å². The Hall–Kier alpha value is -1.30. The molecule has 2 rings (SSSR count). The number of nitrogens with two attached hydrogens (primary N) is 1. The molecule has 2 aromatic rings. The second-order valence-electron chi connectivity index (χ2n) is 4.08. The molecule has 5 nitrogen and oxygen atoms in total. The Morgan fingerprint density at radius 1 is 1.47 bits per heavy atom. The van der Waals surface area contributed by atoms with Gasteiger partial charge in [0.05, 0.1) is 12.1 Å². The maximum atomic E-state index is 11.6. The molecule has 19 heavy (non-hydrogen) atoms. The molecule has 0 saturated carbocycles. The smallest absolute Gasteiger partial charge is 0.226 e. The molecule has 0 spiro atoms. The number of hydrogen-bond donors (Lipinski definition) is 2. The topological polar surface area (TPSA) is 72.4 Å². The number of pyridine rings is 1. The molecule has 0 aliphatic heterocycles. The Bertz CT molecular complexity index is 496. The minimum Gasteiger partial charge on any atom is -0.352 e. The molecular formula is C12H18Cl2N4O. The number of rotatable bonds is 4. The third kappa shape index (κ3) is 4.70. The van der Waals surface area contributed by atoms with Crippen molar-refractivity contribution in [3.05, 3.63) is 36.3 Å². The molecule has 3 N–H and O–H groups in total. The molecule has 0 aliphatic rings. The molecule has 0 saturated heterocycles. The number of aromatic nitrogens is 2. The lowest BCUT2D eigenvalue weighted by atomic mass is 10.3. The van der Waals surface area contributed by atoms with Crippen LogP contribution in [0.25, 0.3) is 5.65 Å². The van der Waals surface area contributed by atoms with Gasteiger partial charge in [-0.05, 0) is 19.1 Å². The molecule has 0 aliphatic carbocycles. The molecule has 0 radical (unpaired) electrons. The van der Waals surface area contributed by atoms with Gasteiger partial charge in [-0.2, -0.15) is 0 Å². The number of nitrogens with zero attached hydrogens (tertiary/aromatic N) is 2. The Morgan fingerprint density at radius 3 is 2.84 bits per heavy atom. The molecule has 1 atom stereocenters. The number of imidazole rings is 1. The maximum absolute atomic E-state index is 11.6. The zero-order chi connectivity index (χ0) is 12.3. The summed E-state index contributed by atoms with van der Waals surface area (Å²) in [6.45, 7) is 2.32. The van der Waals surface area contributed by atoms with Crippen LogP contribution in [0.5, 0.6) is 0 Å². The number of carbonyl (C=O) groups is 1. The Morgan fingerprint density at radius 2 is 2.21 bits per heavy atom. The van der Waals surface area contributed by atoms with E-state index in [9.17, 15) is 4.79 Å². The zero-order valence-electron chi connectivity index (χ0n) is 10.6. The molecule has 1 amide bonds. The van der Waals surface area contributed by atoms with Crippen LogP contribution in [0.4, 0.5) is 0 Å². The Kier molecular flexibility index (Phi) is 7.44. The highest BCUT2D eigenvalue weighted by Crippen LogP contribution is 2.04. The van der Waals surface area contributed by atoms with Crippen LogP contribution in [0.1, 0.15) is 12.6 Å². The summed E-state index contributed by atoms with van der Waals surface area (Å²) < 4.78 is 1.90. The average molecular weight is 305 g/mol. The van der Waals surface area contributed by atoms with Crippen molar-refractivity contribution in [1.82, 2.24) is 14.7 Å². The molecule has 106 valence electrons. The molecule has 2 heterocycles. The van der Waals surface area contributed by atoms with Crippen LogP contribution in [0.15, 0.2) is 30.6 Å². The van der Waals surface area contributed by atoms with Crippen LogP contribution >= 0.6 is 24.8 Å². The van der Waals surface area contributed by atoms with Crippen molar-refractivity contribution in [2.45, 2.75) is 19.4 Å². The number of hydrogen-bond acceptors (Lipinski definition) is 3. The number of fused-ring (bicyclic) bond motifs is 1. The molecule has 0 aromatic carbocycles. The summed E-state index contributed by atoms with van der Waals surface area (Å²) in [4.78, 5) is 16.0. The van der Waals surface area contributed by atoms with E-state index in [-0.39, 0.29) is 43.2 Å². The average Bonchev–Trinajstić information content (AvgIpc) is 2.70. The summed E-state index contributed by atoms with van der Waals surface area (Å²) in [7, 11) is 0. The zero-order valence-corrected chi connectivity index (χ0v) is 12.2. The van der Waals surface area contributed by atoms with E-state index in [0.717, 1.165) is 11.3 Å². The fourth-order valence-electron chi connectivity index (χ4n) is 1.62. The lowest BCUT2D eigenvalue weighted by Crippen LogP contribution is -2.38. The highest BCUT2D eigenvalue weighted by atomic mass is 35.5. The highest BCUT2D eigenvalue weighted by Gasteiger charge is 2.09. The summed E-state index contributed by atoms with van der Waals surface area (Å²) in [5, 5.41) is 2.81. The Labute approximate surface area is 124 Å². The SMILES string of the molecule is C[C@@H](CN)NC(=O)Cc1cn2ccccc2n1.Cl.Cl. The molecule has 2 aromatic heterocycles. The van der Waals surface area contributed by atoms with Gasteiger partial charge >= 0.3 is 0 Å². The van der Waals surface area contributed by atoms with Crippen molar-refractivity contribution in [2.75, 3.05) is 6.54 Å². The summed E-state index contributed by atoms with van der Waals surface area (Å²) in [5.41, 5.74) is 7.05. The lowest BCUT2D eigenvalue weighted by Gasteiger charge is -2.09. The second kappa shape index (κ2) is 7.99. The number of carbonyl (C=O) groups excluding carboxylic acids is 1. The van der Waals surface area contributed by atoms with Crippen LogP contribution in [0, 0.1) is 0 Å². The minimum atomic E-state index is -0.0497. The van der Waals surface area contributed by atoms with Crippen molar-refractivity contribution >= 4 is 36.4 Å². The van der Waals surface area contributed by atoms with Gasteiger partial charge < -0.3 is 15.5 Å². The van der Waals surface area contributed by atoms with Crippen molar-refractivity contribution in [1.29, 1.82) is 0 Å². The van der Waals surface area contributed by atoms with Crippen molar-refractivity contribution in [3.63, 3.8) is 0 Å². The number of nitrogens with one attached hydrogen (secondary N) is 1. The first kappa shape index (κ1) is 17.7. The van der Waals surface area contributed by atoms with E-state index in [0.29, 0.717) is 6.54 Å². The van der Waals surface area contributed by atoms with E-state index in [1.54, 1.807) is 0 Å². The lowest BCUT2D eigenvalue weighted by molar-refractivity contribution is -0.121. The third-order valence-corrected chi connectivity index (χ3v) is 2.52. The predicted molar refractivity (Wildman–Crippen MR) is 80.1 cm³/mol. The monoisotopic (exact) mass is 304 g/mol. The van der Waals surface area contributed by atoms with Crippen LogP contribution in [0.2, 0.25) is 0 Å².